The van der Waals surface area contributed by atoms with Crippen molar-refractivity contribution in [3.05, 3.63) is 41.5 Å². The van der Waals surface area contributed by atoms with Crippen molar-refractivity contribution < 1.29 is 9.59 Å². The predicted molar refractivity (Wildman–Crippen MR) is 62.3 cm³/mol. The molecule has 0 spiro atoms. The van der Waals surface area contributed by atoms with Crippen LogP contribution >= 0.6 is 0 Å². The van der Waals surface area contributed by atoms with Gasteiger partial charge in [-0.1, -0.05) is 24.3 Å². The van der Waals surface area contributed by atoms with Gasteiger partial charge in [0.2, 0.25) is 5.91 Å². The molecule has 4 N–H and O–H groups in total. The second kappa shape index (κ2) is 3.66. The molecule has 0 heterocycles. The summed E-state index contributed by atoms with van der Waals surface area (Å²) in [7, 11) is 0. The zero-order valence-electron chi connectivity index (χ0n) is 8.44. The van der Waals surface area contributed by atoms with Crippen molar-refractivity contribution in [1.82, 2.24) is 0 Å². The number of nitrogens with two attached hydrogens (primary N) is 2. The molecule has 4 heteroatoms. The summed E-state index contributed by atoms with van der Waals surface area (Å²) in [6.07, 6.45) is 0.627. The Hall–Kier alpha value is -2.36. The molecule has 16 heavy (non-hydrogen) atoms. The number of fused-ring (bicyclic) bond motifs is 1. The Bertz CT molecular complexity index is 591. The van der Waals surface area contributed by atoms with Gasteiger partial charge < -0.3 is 11.5 Å². The average molecular weight is 214 g/mol. The van der Waals surface area contributed by atoms with Crippen LogP contribution in [0.4, 0.5) is 5.69 Å². The topological polar surface area (TPSA) is 86.2 Å². The number of hydrogen-bond acceptors (Lipinski definition) is 3. The molecule has 0 saturated heterocycles. The minimum absolute atomic E-state index is 0.159. The normalized spacial score (nSPS) is 10.2. The number of benzene rings is 2. The number of carbonyl (C=O) groups is 2. The van der Waals surface area contributed by atoms with Crippen molar-refractivity contribution in [3.8, 4) is 0 Å². The zero-order chi connectivity index (χ0) is 11.7. The molecule has 0 fully saturated rings. The minimum Gasteiger partial charge on any atom is -0.398 e. The monoisotopic (exact) mass is 214 g/mol. The molecule has 0 radical (unpaired) electrons. The molecule has 0 unspecified atom stereocenters. The molecule has 2 aromatic rings. The van der Waals surface area contributed by atoms with Crippen LogP contribution in [0.2, 0.25) is 0 Å². The summed E-state index contributed by atoms with van der Waals surface area (Å²) in [5.74, 6) is -0.653. The van der Waals surface area contributed by atoms with Gasteiger partial charge in [-0.3, -0.25) is 9.59 Å². The number of aldehydes is 1. The SMILES string of the molecule is NC(=O)c1cc(N)c2ccccc2c1C=O. The number of anilines is 1. The van der Waals surface area contributed by atoms with E-state index in [1.165, 1.54) is 6.07 Å². The smallest absolute Gasteiger partial charge is 0.249 e. The van der Waals surface area contributed by atoms with Crippen LogP contribution in [0.15, 0.2) is 30.3 Å². The van der Waals surface area contributed by atoms with Crippen LogP contribution in [0, 0.1) is 0 Å². The highest BCUT2D eigenvalue weighted by Crippen LogP contribution is 2.26. The molecule has 0 aliphatic carbocycles. The molecular weight excluding hydrogens is 204 g/mol. The van der Waals surface area contributed by atoms with Crippen molar-refractivity contribution in [1.29, 1.82) is 0 Å². The van der Waals surface area contributed by atoms with Gasteiger partial charge in [-0.2, -0.15) is 0 Å². The zero-order valence-corrected chi connectivity index (χ0v) is 8.44. The fourth-order valence-electron chi connectivity index (χ4n) is 1.76. The lowest BCUT2D eigenvalue weighted by Gasteiger charge is -2.08. The lowest BCUT2D eigenvalue weighted by molar-refractivity contribution is 0.0993. The fourth-order valence-corrected chi connectivity index (χ4v) is 1.76. The lowest BCUT2D eigenvalue weighted by Crippen LogP contribution is -2.14. The first-order valence-electron chi connectivity index (χ1n) is 4.71. The highest BCUT2D eigenvalue weighted by atomic mass is 16.1. The third kappa shape index (κ3) is 1.40. The van der Waals surface area contributed by atoms with Crippen LogP contribution in [0.25, 0.3) is 10.8 Å². The largest absolute Gasteiger partial charge is 0.398 e. The third-order valence-electron chi connectivity index (χ3n) is 2.50. The maximum Gasteiger partial charge on any atom is 0.249 e. The van der Waals surface area contributed by atoms with E-state index >= 15 is 0 Å². The number of carbonyl (C=O) groups excluding carboxylic acids is 2. The van der Waals surface area contributed by atoms with Crippen LogP contribution in [-0.4, -0.2) is 12.2 Å². The van der Waals surface area contributed by atoms with Crippen LogP contribution in [0.5, 0.6) is 0 Å². The van der Waals surface area contributed by atoms with E-state index in [4.69, 9.17) is 11.5 Å². The van der Waals surface area contributed by atoms with E-state index in [2.05, 4.69) is 0 Å². The van der Waals surface area contributed by atoms with E-state index in [1.54, 1.807) is 18.2 Å². The lowest BCUT2D eigenvalue weighted by atomic mass is 9.98. The highest BCUT2D eigenvalue weighted by Gasteiger charge is 2.13. The summed E-state index contributed by atoms with van der Waals surface area (Å²) >= 11 is 0. The Labute approximate surface area is 91.8 Å². The first kappa shape index (κ1) is 10.2. The quantitative estimate of drug-likeness (QED) is 0.584. The van der Waals surface area contributed by atoms with E-state index in [9.17, 15) is 9.59 Å². The van der Waals surface area contributed by atoms with Gasteiger partial charge in [-0.15, -0.1) is 0 Å². The van der Waals surface area contributed by atoms with Crippen molar-refractivity contribution in [2.45, 2.75) is 0 Å². The Morgan fingerprint density at radius 2 is 1.81 bits per heavy atom. The van der Waals surface area contributed by atoms with Crippen molar-refractivity contribution >= 4 is 28.7 Å². The fraction of sp³-hybridized carbons (Fsp3) is 0. The molecule has 1 amide bonds. The van der Waals surface area contributed by atoms with E-state index < -0.39 is 5.91 Å². The van der Waals surface area contributed by atoms with Crippen molar-refractivity contribution in [2.75, 3.05) is 5.73 Å². The Morgan fingerprint density at radius 3 is 2.38 bits per heavy atom. The Balaban J connectivity index is 2.95. The van der Waals surface area contributed by atoms with Gasteiger partial charge in [-0.25, -0.2) is 0 Å². The van der Waals surface area contributed by atoms with Gasteiger partial charge in [0.25, 0.3) is 0 Å². The highest BCUT2D eigenvalue weighted by molar-refractivity contribution is 6.12. The standard InChI is InChI=1S/C12H10N2O2/c13-11-5-9(12(14)16)10(6-15)7-3-1-2-4-8(7)11/h1-6H,13H2,(H2,14,16). The van der Waals surface area contributed by atoms with Gasteiger partial charge in [0.05, 0.1) is 5.56 Å². The molecule has 2 rings (SSSR count). The molecule has 0 saturated carbocycles. The summed E-state index contributed by atoms with van der Waals surface area (Å²) < 4.78 is 0. The minimum atomic E-state index is -0.653. The van der Waals surface area contributed by atoms with Gasteiger partial charge in [0, 0.05) is 16.6 Å². The number of hydrogen-bond donors (Lipinski definition) is 2. The van der Waals surface area contributed by atoms with Crippen molar-refractivity contribution in [2.24, 2.45) is 5.73 Å². The molecule has 0 aliphatic heterocycles. The van der Waals surface area contributed by atoms with Crippen LogP contribution < -0.4 is 11.5 Å². The van der Waals surface area contributed by atoms with E-state index in [-0.39, 0.29) is 11.1 Å². The number of nitrogen functional groups attached to an aromatic ring is 1. The van der Waals surface area contributed by atoms with Crippen LogP contribution in [-0.2, 0) is 0 Å². The van der Waals surface area contributed by atoms with Crippen molar-refractivity contribution in [3.63, 3.8) is 0 Å². The molecule has 0 aliphatic rings. The van der Waals surface area contributed by atoms with Gasteiger partial charge in [-0.05, 0) is 11.5 Å². The van der Waals surface area contributed by atoms with Gasteiger partial charge in [0.15, 0.2) is 6.29 Å². The summed E-state index contributed by atoms with van der Waals surface area (Å²) in [5.41, 5.74) is 11.9. The van der Waals surface area contributed by atoms with Gasteiger partial charge >= 0.3 is 0 Å². The molecular formula is C12H10N2O2. The Kier molecular flexibility index (Phi) is 2.32. The molecule has 0 atom stereocenters. The molecule has 4 nitrogen and oxygen atoms in total. The van der Waals surface area contributed by atoms with Gasteiger partial charge in [0.1, 0.15) is 0 Å². The van der Waals surface area contributed by atoms with Crippen LogP contribution in [0.1, 0.15) is 20.7 Å². The summed E-state index contributed by atoms with van der Waals surface area (Å²) in [6.45, 7) is 0. The maximum absolute atomic E-state index is 11.2. The Morgan fingerprint density at radius 1 is 1.19 bits per heavy atom. The molecule has 0 aromatic heterocycles. The molecule has 2 aromatic carbocycles. The van der Waals surface area contributed by atoms with E-state index in [0.717, 1.165) is 5.39 Å². The summed E-state index contributed by atoms with van der Waals surface area (Å²) in [5, 5.41) is 1.39. The summed E-state index contributed by atoms with van der Waals surface area (Å²) in [6, 6.07) is 8.56. The molecule has 0 bridgehead atoms. The number of primary amides is 1. The summed E-state index contributed by atoms with van der Waals surface area (Å²) in [4.78, 5) is 22.2. The first-order valence-corrected chi connectivity index (χ1v) is 4.71. The van der Waals surface area contributed by atoms with Crippen LogP contribution in [0.3, 0.4) is 0 Å². The third-order valence-corrected chi connectivity index (χ3v) is 2.50. The second-order valence-corrected chi connectivity index (χ2v) is 3.45. The van der Waals surface area contributed by atoms with E-state index in [0.29, 0.717) is 17.4 Å². The maximum atomic E-state index is 11.2. The predicted octanol–water partition coefficient (Wildman–Crippen LogP) is 1.33. The van der Waals surface area contributed by atoms with E-state index in [1.807, 2.05) is 6.07 Å². The second-order valence-electron chi connectivity index (χ2n) is 3.45. The number of amides is 1. The number of rotatable bonds is 2. The average Bonchev–Trinajstić information content (AvgIpc) is 2.29. The molecule has 80 valence electrons. The first-order chi connectivity index (χ1) is 7.65.